The number of rotatable bonds is 9. The van der Waals surface area contributed by atoms with Crippen molar-refractivity contribution >= 4 is 0 Å². The van der Waals surface area contributed by atoms with Crippen LogP contribution >= 0.6 is 0 Å². The predicted molar refractivity (Wildman–Crippen MR) is 89.0 cm³/mol. The second-order valence-corrected chi connectivity index (χ2v) is 6.49. The van der Waals surface area contributed by atoms with Crippen LogP contribution in [-0.2, 0) is 0 Å². The first-order valence-corrected chi connectivity index (χ1v) is 8.01. The maximum Gasteiger partial charge on any atom is 0.119 e. The fourth-order valence-electron chi connectivity index (χ4n) is 2.42. The summed E-state index contributed by atoms with van der Waals surface area (Å²) in [5.41, 5.74) is 1.07. The van der Waals surface area contributed by atoms with Gasteiger partial charge < -0.3 is 15.2 Å². The Labute approximate surface area is 129 Å². The molecule has 21 heavy (non-hydrogen) atoms. The van der Waals surface area contributed by atoms with Crippen molar-refractivity contribution in [2.75, 3.05) is 13.2 Å². The van der Waals surface area contributed by atoms with E-state index in [4.69, 9.17) is 4.74 Å². The van der Waals surface area contributed by atoms with Gasteiger partial charge in [0.1, 0.15) is 5.75 Å². The molecule has 0 amide bonds. The van der Waals surface area contributed by atoms with Crippen molar-refractivity contribution in [3.05, 3.63) is 29.8 Å². The van der Waals surface area contributed by atoms with E-state index in [1.165, 1.54) is 5.56 Å². The van der Waals surface area contributed by atoms with Crippen LogP contribution in [0.5, 0.6) is 5.75 Å². The minimum absolute atomic E-state index is 0.113. The van der Waals surface area contributed by atoms with Gasteiger partial charge in [0, 0.05) is 18.0 Å². The van der Waals surface area contributed by atoms with E-state index in [9.17, 15) is 5.11 Å². The van der Waals surface area contributed by atoms with Crippen molar-refractivity contribution in [2.45, 2.75) is 65.0 Å². The average Bonchev–Trinajstić information content (AvgIpc) is 2.46. The van der Waals surface area contributed by atoms with Crippen LogP contribution in [0.2, 0.25) is 0 Å². The summed E-state index contributed by atoms with van der Waals surface area (Å²) in [5, 5.41) is 12.9. The Balaban J connectivity index is 2.48. The molecule has 0 saturated heterocycles. The molecule has 0 aromatic heterocycles. The number of ether oxygens (including phenoxy) is 1. The summed E-state index contributed by atoms with van der Waals surface area (Å²) in [6, 6.07) is 8.70. The van der Waals surface area contributed by atoms with Gasteiger partial charge in [-0.2, -0.15) is 0 Å². The van der Waals surface area contributed by atoms with E-state index in [0.29, 0.717) is 18.6 Å². The van der Waals surface area contributed by atoms with Gasteiger partial charge in [0.15, 0.2) is 0 Å². The molecule has 0 bridgehead atoms. The van der Waals surface area contributed by atoms with Gasteiger partial charge in [-0.05, 0) is 37.0 Å². The van der Waals surface area contributed by atoms with E-state index in [2.05, 4.69) is 45.1 Å². The van der Waals surface area contributed by atoms with Crippen LogP contribution in [0.3, 0.4) is 0 Å². The lowest BCUT2D eigenvalue weighted by molar-refractivity contribution is 0.136. The molecule has 1 rings (SSSR count). The van der Waals surface area contributed by atoms with Crippen molar-refractivity contribution in [1.82, 2.24) is 5.32 Å². The first-order chi connectivity index (χ1) is 9.90. The smallest absolute Gasteiger partial charge is 0.119 e. The van der Waals surface area contributed by atoms with Gasteiger partial charge in [0.25, 0.3) is 0 Å². The van der Waals surface area contributed by atoms with Crippen LogP contribution in [0.4, 0.5) is 0 Å². The summed E-state index contributed by atoms with van der Waals surface area (Å²) in [4.78, 5) is 0. The number of nitrogens with one attached hydrogen (secondary N) is 1. The van der Waals surface area contributed by atoms with Crippen LogP contribution in [0.25, 0.3) is 0 Å². The van der Waals surface area contributed by atoms with Gasteiger partial charge in [0.05, 0.1) is 13.2 Å². The van der Waals surface area contributed by atoms with E-state index in [-0.39, 0.29) is 12.1 Å². The molecule has 1 aromatic rings. The lowest BCUT2D eigenvalue weighted by atomic mass is 9.98. The fraction of sp³-hybridized carbons (Fsp3) is 0.667. The largest absolute Gasteiger partial charge is 0.494 e. The predicted octanol–water partition coefficient (Wildman–Crippen LogP) is 3.72. The SMILES string of the molecule is CCC(C)c1ccc(OCCC(C)(CO)NC(C)C)cc1. The van der Waals surface area contributed by atoms with Gasteiger partial charge in [0.2, 0.25) is 0 Å². The quantitative estimate of drug-likeness (QED) is 0.729. The van der Waals surface area contributed by atoms with E-state index < -0.39 is 0 Å². The minimum Gasteiger partial charge on any atom is -0.494 e. The topological polar surface area (TPSA) is 41.5 Å². The third-order valence-corrected chi connectivity index (χ3v) is 3.97. The normalized spacial score (nSPS) is 15.8. The number of hydrogen-bond acceptors (Lipinski definition) is 3. The molecule has 0 spiro atoms. The zero-order valence-corrected chi connectivity index (χ0v) is 14.1. The first-order valence-electron chi connectivity index (χ1n) is 8.01. The highest BCUT2D eigenvalue weighted by atomic mass is 16.5. The highest BCUT2D eigenvalue weighted by molar-refractivity contribution is 5.29. The molecule has 3 heteroatoms. The third kappa shape index (κ3) is 6.06. The molecule has 1 aromatic carbocycles. The molecule has 0 radical (unpaired) electrons. The Kier molecular flexibility index (Phi) is 7.20. The van der Waals surface area contributed by atoms with E-state index in [1.54, 1.807) is 0 Å². The van der Waals surface area contributed by atoms with Crippen molar-refractivity contribution in [1.29, 1.82) is 0 Å². The summed E-state index contributed by atoms with van der Waals surface area (Å²) >= 11 is 0. The summed E-state index contributed by atoms with van der Waals surface area (Å²) in [6.07, 6.45) is 1.92. The second kappa shape index (κ2) is 8.40. The molecular formula is C18H31NO2. The monoisotopic (exact) mass is 293 g/mol. The summed E-state index contributed by atoms with van der Waals surface area (Å²) in [6.45, 7) is 11.3. The fourth-order valence-corrected chi connectivity index (χ4v) is 2.42. The van der Waals surface area contributed by atoms with Crippen molar-refractivity contribution in [3.63, 3.8) is 0 Å². The molecule has 2 N–H and O–H groups in total. The maximum atomic E-state index is 9.54. The van der Waals surface area contributed by atoms with Crippen LogP contribution in [0.1, 0.15) is 58.9 Å². The molecular weight excluding hydrogens is 262 g/mol. The lowest BCUT2D eigenvalue weighted by Gasteiger charge is -2.31. The zero-order valence-electron chi connectivity index (χ0n) is 14.1. The van der Waals surface area contributed by atoms with Gasteiger partial charge >= 0.3 is 0 Å². The molecule has 0 fully saturated rings. The maximum absolute atomic E-state index is 9.54. The Morgan fingerprint density at radius 3 is 2.29 bits per heavy atom. The molecule has 2 unspecified atom stereocenters. The van der Waals surface area contributed by atoms with Crippen LogP contribution in [0, 0.1) is 0 Å². The number of aliphatic hydroxyl groups excluding tert-OH is 1. The van der Waals surface area contributed by atoms with Gasteiger partial charge in [-0.1, -0.05) is 39.8 Å². The Morgan fingerprint density at radius 1 is 1.19 bits per heavy atom. The number of hydrogen-bond donors (Lipinski definition) is 2. The highest BCUT2D eigenvalue weighted by Crippen LogP contribution is 2.22. The average molecular weight is 293 g/mol. The Morgan fingerprint density at radius 2 is 1.81 bits per heavy atom. The molecule has 2 atom stereocenters. The summed E-state index contributed by atoms with van der Waals surface area (Å²) in [7, 11) is 0. The standard InChI is InChI=1S/C18H31NO2/c1-6-15(4)16-7-9-17(10-8-16)21-12-11-18(5,13-20)19-14(2)3/h7-10,14-15,19-20H,6,11-13H2,1-5H3. The highest BCUT2D eigenvalue weighted by Gasteiger charge is 2.23. The van der Waals surface area contributed by atoms with Gasteiger partial charge in [-0.3, -0.25) is 0 Å². The van der Waals surface area contributed by atoms with Crippen LogP contribution in [0.15, 0.2) is 24.3 Å². The Bertz CT molecular complexity index is 402. The second-order valence-electron chi connectivity index (χ2n) is 6.49. The summed E-state index contributed by atoms with van der Waals surface area (Å²) in [5.74, 6) is 1.49. The molecule has 0 saturated carbocycles. The van der Waals surface area contributed by atoms with Crippen molar-refractivity contribution in [2.24, 2.45) is 0 Å². The third-order valence-electron chi connectivity index (χ3n) is 3.97. The van der Waals surface area contributed by atoms with Gasteiger partial charge in [-0.15, -0.1) is 0 Å². The van der Waals surface area contributed by atoms with Crippen LogP contribution in [-0.4, -0.2) is 29.9 Å². The first kappa shape index (κ1) is 18.0. The van der Waals surface area contributed by atoms with E-state index in [0.717, 1.165) is 18.6 Å². The molecule has 0 aliphatic rings. The van der Waals surface area contributed by atoms with E-state index >= 15 is 0 Å². The molecule has 3 nitrogen and oxygen atoms in total. The number of aliphatic hydroxyl groups is 1. The molecule has 0 heterocycles. The van der Waals surface area contributed by atoms with E-state index in [1.807, 2.05) is 19.1 Å². The zero-order chi connectivity index (χ0) is 15.9. The minimum atomic E-state index is -0.287. The summed E-state index contributed by atoms with van der Waals surface area (Å²) < 4.78 is 5.80. The van der Waals surface area contributed by atoms with Crippen molar-refractivity contribution in [3.8, 4) is 5.75 Å². The van der Waals surface area contributed by atoms with Crippen molar-refractivity contribution < 1.29 is 9.84 Å². The molecule has 120 valence electrons. The molecule has 0 aliphatic carbocycles. The Hall–Kier alpha value is -1.06. The van der Waals surface area contributed by atoms with Gasteiger partial charge in [-0.25, -0.2) is 0 Å². The number of benzene rings is 1. The van der Waals surface area contributed by atoms with Crippen LogP contribution < -0.4 is 10.1 Å². The lowest BCUT2D eigenvalue weighted by Crippen LogP contribution is -2.49. The molecule has 0 aliphatic heterocycles.